The lowest BCUT2D eigenvalue weighted by Gasteiger charge is -2.52. The zero-order valence-corrected chi connectivity index (χ0v) is 27.4. The van der Waals surface area contributed by atoms with Gasteiger partial charge in [0, 0.05) is 6.61 Å². The van der Waals surface area contributed by atoms with Crippen LogP contribution in [0.2, 0.25) is 18.1 Å². The Bertz CT molecular complexity index is 926. The molecule has 4 rings (SSSR count). The molecule has 0 aromatic heterocycles. The van der Waals surface area contributed by atoms with Gasteiger partial charge in [-0.2, -0.15) is 0 Å². The molecule has 3 aliphatic carbocycles. The zero-order chi connectivity index (χ0) is 27.3. The third-order valence-corrected chi connectivity index (χ3v) is 17.2. The molecule has 2 fully saturated rings. The summed E-state index contributed by atoms with van der Waals surface area (Å²) in [6, 6.07) is 7.14. The molecule has 1 nitrogen and oxygen atoms in total. The van der Waals surface area contributed by atoms with Crippen LogP contribution in [0.1, 0.15) is 117 Å². The summed E-state index contributed by atoms with van der Waals surface area (Å²) >= 11 is 0. The molecular formula is C35H60OSi. The van der Waals surface area contributed by atoms with E-state index in [1.807, 2.05) is 0 Å². The van der Waals surface area contributed by atoms with Crippen LogP contribution in [0.5, 0.6) is 0 Å². The lowest BCUT2D eigenvalue weighted by molar-refractivity contribution is 0.00285. The minimum absolute atomic E-state index is 0.284. The number of hydrogen-bond donors (Lipinski definition) is 0. The van der Waals surface area contributed by atoms with Crippen molar-refractivity contribution in [3.05, 3.63) is 34.9 Å². The van der Waals surface area contributed by atoms with E-state index in [0.717, 1.165) is 36.2 Å². The molecule has 2 saturated carbocycles. The van der Waals surface area contributed by atoms with E-state index >= 15 is 0 Å². The third-order valence-electron chi connectivity index (χ3n) is 12.7. The largest absolute Gasteiger partial charge is 0.417 e. The van der Waals surface area contributed by atoms with E-state index in [1.165, 1.54) is 50.5 Å². The highest BCUT2D eigenvalue weighted by Crippen LogP contribution is 2.64. The van der Waals surface area contributed by atoms with E-state index in [2.05, 4.69) is 93.6 Å². The first-order chi connectivity index (χ1) is 17.2. The monoisotopic (exact) mass is 524 g/mol. The highest BCUT2D eigenvalue weighted by atomic mass is 28.4. The number of rotatable bonds is 8. The maximum absolute atomic E-state index is 6.88. The molecule has 0 saturated heterocycles. The van der Waals surface area contributed by atoms with Gasteiger partial charge in [-0.15, -0.1) is 0 Å². The summed E-state index contributed by atoms with van der Waals surface area (Å²) in [5.41, 5.74) is 5.49. The second kappa shape index (κ2) is 10.8. The van der Waals surface area contributed by atoms with E-state index in [4.69, 9.17) is 4.43 Å². The molecule has 1 aromatic rings. The van der Waals surface area contributed by atoms with E-state index < -0.39 is 8.32 Å². The van der Waals surface area contributed by atoms with Crippen molar-refractivity contribution in [2.24, 2.45) is 46.8 Å². The lowest BCUT2D eigenvalue weighted by Crippen LogP contribution is -2.44. The fraction of sp³-hybridized carbons (Fsp3) is 0.829. The van der Waals surface area contributed by atoms with Gasteiger partial charge in [-0.05, 0) is 139 Å². The average molecular weight is 525 g/mol. The fourth-order valence-electron chi connectivity index (χ4n) is 8.93. The Kier molecular flexibility index (Phi) is 8.54. The number of aryl methyl sites for hydroxylation is 1. The van der Waals surface area contributed by atoms with Crippen molar-refractivity contribution in [2.75, 3.05) is 6.61 Å². The molecular weight excluding hydrogens is 464 g/mol. The molecule has 0 bridgehead atoms. The predicted octanol–water partition coefficient (Wildman–Crippen LogP) is 10.4. The molecule has 210 valence electrons. The van der Waals surface area contributed by atoms with Crippen LogP contribution in [0.3, 0.4) is 0 Å². The van der Waals surface area contributed by atoms with Crippen LogP contribution < -0.4 is 0 Å². The Morgan fingerprint density at radius 2 is 1.73 bits per heavy atom. The second-order valence-corrected chi connectivity index (χ2v) is 20.7. The summed E-state index contributed by atoms with van der Waals surface area (Å²) in [6.45, 7) is 28.0. The third kappa shape index (κ3) is 5.54. The molecule has 0 amide bonds. The standard InChI is InChI=1S/C35H60OSi/c1-23(2)26(5)27(22-36-37(10,11)34(6,7)8)21-25(4)32-17-18-33-31-16-15-28-24(3)13-12-14-29(28)30(31)19-20-35(32,33)9/h12-14,23,25-27,30-33H,15-22H2,1-11H3/t25-,26+,27+,30-,31-,32-,33+,35-/m1/s1. The Balaban J connectivity index is 1.48. The molecule has 2 heteroatoms. The molecule has 0 heterocycles. The SMILES string of the molecule is Cc1cccc2c1CC[C@@H]1[C@@H]2CC[C@]2(C)[C@@H]([C@H](C)C[C@@H](CO[Si](C)(C)C(C)(C)C)[C@@H](C)C(C)C)CC[C@@H]12. The van der Waals surface area contributed by atoms with Crippen LogP contribution in [0.25, 0.3) is 0 Å². The van der Waals surface area contributed by atoms with Gasteiger partial charge in [0.25, 0.3) is 0 Å². The van der Waals surface area contributed by atoms with Crippen molar-refractivity contribution < 1.29 is 4.43 Å². The minimum atomic E-state index is -1.73. The van der Waals surface area contributed by atoms with Gasteiger partial charge in [0.1, 0.15) is 0 Å². The number of hydrogen-bond acceptors (Lipinski definition) is 1. The van der Waals surface area contributed by atoms with Gasteiger partial charge in [-0.25, -0.2) is 0 Å². The van der Waals surface area contributed by atoms with Crippen molar-refractivity contribution in [1.82, 2.24) is 0 Å². The normalized spacial score (nSPS) is 32.4. The Morgan fingerprint density at radius 1 is 1.03 bits per heavy atom. The molecule has 37 heavy (non-hydrogen) atoms. The van der Waals surface area contributed by atoms with Crippen molar-refractivity contribution in [1.29, 1.82) is 0 Å². The highest BCUT2D eigenvalue weighted by Gasteiger charge is 2.55. The quantitative estimate of drug-likeness (QED) is 0.307. The predicted molar refractivity (Wildman–Crippen MR) is 164 cm³/mol. The van der Waals surface area contributed by atoms with Gasteiger partial charge >= 0.3 is 0 Å². The average Bonchev–Trinajstić information content (AvgIpc) is 3.17. The summed E-state index contributed by atoms with van der Waals surface area (Å²) < 4.78 is 6.88. The smallest absolute Gasteiger partial charge is 0.191 e. The Labute approximate surface area is 232 Å². The van der Waals surface area contributed by atoms with Gasteiger partial charge in [-0.3, -0.25) is 0 Å². The summed E-state index contributed by atoms with van der Waals surface area (Å²) in [4.78, 5) is 0. The van der Waals surface area contributed by atoms with Crippen molar-refractivity contribution in [3.63, 3.8) is 0 Å². The fourth-order valence-corrected chi connectivity index (χ4v) is 9.99. The van der Waals surface area contributed by atoms with Crippen molar-refractivity contribution in [2.45, 2.75) is 131 Å². The van der Waals surface area contributed by atoms with Gasteiger partial charge in [-0.1, -0.05) is 73.6 Å². The van der Waals surface area contributed by atoms with Crippen LogP contribution in [-0.4, -0.2) is 14.9 Å². The van der Waals surface area contributed by atoms with Crippen molar-refractivity contribution >= 4 is 8.32 Å². The van der Waals surface area contributed by atoms with E-state index in [-0.39, 0.29) is 5.04 Å². The first kappa shape index (κ1) is 29.4. The Hall–Kier alpha value is -0.603. The summed E-state index contributed by atoms with van der Waals surface area (Å²) in [7, 11) is -1.73. The lowest BCUT2D eigenvalue weighted by atomic mass is 9.52. The number of benzene rings is 1. The maximum atomic E-state index is 6.88. The van der Waals surface area contributed by atoms with Crippen LogP contribution in [0, 0.1) is 53.8 Å². The van der Waals surface area contributed by atoms with Crippen molar-refractivity contribution in [3.8, 4) is 0 Å². The molecule has 0 radical (unpaired) electrons. The van der Waals surface area contributed by atoms with E-state index in [9.17, 15) is 0 Å². The van der Waals surface area contributed by atoms with Gasteiger partial charge in [0.15, 0.2) is 8.32 Å². The van der Waals surface area contributed by atoms with Crippen LogP contribution >= 0.6 is 0 Å². The molecule has 0 spiro atoms. The molecule has 0 aliphatic heterocycles. The first-order valence-electron chi connectivity index (χ1n) is 15.9. The zero-order valence-electron chi connectivity index (χ0n) is 26.4. The van der Waals surface area contributed by atoms with Gasteiger partial charge in [0.05, 0.1) is 0 Å². The first-order valence-corrected chi connectivity index (χ1v) is 18.8. The highest BCUT2D eigenvalue weighted by molar-refractivity contribution is 6.74. The van der Waals surface area contributed by atoms with E-state index in [1.54, 1.807) is 11.1 Å². The topological polar surface area (TPSA) is 9.23 Å². The summed E-state index contributed by atoms with van der Waals surface area (Å²) in [5, 5.41) is 0.284. The second-order valence-electron chi connectivity index (χ2n) is 15.9. The van der Waals surface area contributed by atoms with Crippen LogP contribution in [-0.2, 0) is 10.8 Å². The molecule has 0 N–H and O–H groups in total. The van der Waals surface area contributed by atoms with Gasteiger partial charge in [0.2, 0.25) is 0 Å². The minimum Gasteiger partial charge on any atom is -0.417 e. The number of fused-ring (bicyclic) bond motifs is 5. The van der Waals surface area contributed by atoms with Crippen LogP contribution in [0.15, 0.2) is 18.2 Å². The molecule has 3 aliphatic rings. The summed E-state index contributed by atoms with van der Waals surface area (Å²) in [6.07, 6.45) is 9.86. The molecule has 8 atom stereocenters. The Morgan fingerprint density at radius 3 is 2.38 bits per heavy atom. The molecule has 0 unspecified atom stereocenters. The van der Waals surface area contributed by atoms with E-state index in [0.29, 0.717) is 23.2 Å². The molecule has 1 aromatic carbocycles. The van der Waals surface area contributed by atoms with Gasteiger partial charge < -0.3 is 4.43 Å². The summed E-state index contributed by atoms with van der Waals surface area (Å²) in [5.74, 6) is 6.44. The maximum Gasteiger partial charge on any atom is 0.191 e. The van der Waals surface area contributed by atoms with Crippen LogP contribution in [0.4, 0.5) is 0 Å².